The van der Waals surface area contributed by atoms with Gasteiger partial charge in [-0.1, -0.05) is 19.9 Å². The molecular formula is C16H23FN4O3. The lowest BCUT2D eigenvalue weighted by molar-refractivity contribution is -0.212. The van der Waals surface area contributed by atoms with Gasteiger partial charge in [0.2, 0.25) is 0 Å². The molecule has 0 spiro atoms. The van der Waals surface area contributed by atoms with Crippen LogP contribution in [0, 0.1) is 23.6 Å². The monoisotopic (exact) mass is 338 g/mol. The minimum absolute atomic E-state index is 0.195. The SMILES string of the molecule is CC(C)C12c3ccc(F)cc3C(N)(N)C(N)(N)C1C(C(=O)O)C2O. The van der Waals surface area contributed by atoms with Crippen LogP contribution in [0.3, 0.4) is 0 Å². The van der Waals surface area contributed by atoms with Crippen molar-refractivity contribution >= 4 is 5.97 Å². The molecule has 1 aromatic carbocycles. The average molecular weight is 338 g/mol. The molecule has 2 aliphatic rings. The molecule has 1 fully saturated rings. The van der Waals surface area contributed by atoms with Gasteiger partial charge in [-0.25, -0.2) is 4.39 Å². The Morgan fingerprint density at radius 3 is 2.29 bits per heavy atom. The van der Waals surface area contributed by atoms with Gasteiger partial charge in [0, 0.05) is 11.3 Å². The molecule has 0 radical (unpaired) electrons. The summed E-state index contributed by atoms with van der Waals surface area (Å²) < 4.78 is 13.8. The van der Waals surface area contributed by atoms with E-state index >= 15 is 0 Å². The van der Waals surface area contributed by atoms with E-state index in [1.54, 1.807) is 0 Å². The maximum Gasteiger partial charge on any atom is 0.309 e. The zero-order chi connectivity index (χ0) is 18.2. The highest BCUT2D eigenvalue weighted by atomic mass is 19.1. The van der Waals surface area contributed by atoms with Gasteiger partial charge in [0.05, 0.1) is 12.0 Å². The van der Waals surface area contributed by atoms with Crippen LogP contribution in [-0.2, 0) is 15.9 Å². The zero-order valence-electron chi connectivity index (χ0n) is 13.5. The number of nitrogens with two attached hydrogens (primary N) is 4. The zero-order valence-corrected chi connectivity index (χ0v) is 13.5. The fourth-order valence-electron chi connectivity index (χ4n) is 4.88. The number of benzene rings is 1. The van der Waals surface area contributed by atoms with E-state index in [0.717, 1.165) is 6.07 Å². The average Bonchev–Trinajstić information content (AvgIpc) is 2.43. The van der Waals surface area contributed by atoms with Crippen molar-refractivity contribution < 1.29 is 19.4 Å². The standard InChI is InChI=1S/C16H23FN4O3/c1-6(2)14-8-4-3-7(17)5-9(8)15(18,19)16(20,21)11(14)10(12(14)22)13(23)24/h3-6,10-12,22H,18-21H2,1-2H3,(H,23,24). The van der Waals surface area contributed by atoms with Gasteiger partial charge in [-0.3, -0.25) is 4.79 Å². The first-order valence-corrected chi connectivity index (χ1v) is 7.78. The number of aliphatic hydroxyl groups excluding tert-OH is 1. The number of aliphatic hydroxyl groups is 1. The molecule has 0 amide bonds. The maximum atomic E-state index is 13.8. The summed E-state index contributed by atoms with van der Waals surface area (Å²) in [7, 11) is 0. The minimum atomic E-state index is -1.85. The van der Waals surface area contributed by atoms with Gasteiger partial charge in [-0.15, -0.1) is 0 Å². The minimum Gasteiger partial charge on any atom is -0.481 e. The predicted molar refractivity (Wildman–Crippen MR) is 84.7 cm³/mol. The first kappa shape index (κ1) is 17.2. The lowest BCUT2D eigenvalue weighted by Crippen LogP contribution is -2.89. The molecule has 1 saturated carbocycles. The molecule has 0 saturated heterocycles. The molecule has 132 valence electrons. The van der Waals surface area contributed by atoms with Crippen LogP contribution in [0.2, 0.25) is 0 Å². The third-order valence-corrected chi connectivity index (χ3v) is 6.07. The van der Waals surface area contributed by atoms with Crippen LogP contribution >= 0.6 is 0 Å². The molecular weight excluding hydrogens is 315 g/mol. The normalized spacial score (nSPS) is 35.8. The Morgan fingerprint density at radius 2 is 1.79 bits per heavy atom. The highest BCUT2D eigenvalue weighted by molar-refractivity contribution is 5.76. The van der Waals surface area contributed by atoms with Crippen LogP contribution in [0.1, 0.15) is 25.0 Å². The van der Waals surface area contributed by atoms with E-state index in [2.05, 4.69) is 0 Å². The van der Waals surface area contributed by atoms with E-state index in [1.807, 2.05) is 13.8 Å². The summed E-state index contributed by atoms with van der Waals surface area (Å²) in [5.74, 6) is -4.10. The van der Waals surface area contributed by atoms with Crippen molar-refractivity contribution in [3.8, 4) is 0 Å². The van der Waals surface area contributed by atoms with Crippen LogP contribution in [0.15, 0.2) is 18.2 Å². The highest BCUT2D eigenvalue weighted by Crippen LogP contribution is 2.64. The fourth-order valence-corrected chi connectivity index (χ4v) is 4.88. The number of rotatable bonds is 2. The molecule has 0 aromatic heterocycles. The summed E-state index contributed by atoms with van der Waals surface area (Å²) in [6.07, 6.45) is -1.23. The van der Waals surface area contributed by atoms with E-state index < -0.39 is 46.5 Å². The van der Waals surface area contributed by atoms with Gasteiger partial charge in [0.25, 0.3) is 0 Å². The first-order chi connectivity index (χ1) is 10.9. The summed E-state index contributed by atoms with van der Waals surface area (Å²) in [5.41, 5.74) is 20.8. The van der Waals surface area contributed by atoms with Crippen LogP contribution in [-0.4, -0.2) is 27.9 Å². The summed E-state index contributed by atoms with van der Waals surface area (Å²) in [6, 6.07) is 3.88. The van der Waals surface area contributed by atoms with Gasteiger partial charge in [-0.2, -0.15) is 0 Å². The number of hydrogen-bond donors (Lipinski definition) is 6. The molecule has 0 heterocycles. The molecule has 24 heavy (non-hydrogen) atoms. The second-order valence-electron chi connectivity index (χ2n) is 7.37. The Bertz CT molecular complexity index is 721. The Kier molecular flexibility index (Phi) is 3.41. The summed E-state index contributed by atoms with van der Waals surface area (Å²) >= 11 is 0. The van der Waals surface area contributed by atoms with E-state index in [0.29, 0.717) is 5.56 Å². The first-order valence-electron chi connectivity index (χ1n) is 7.78. The Balaban J connectivity index is 2.38. The van der Waals surface area contributed by atoms with Crippen LogP contribution in [0.4, 0.5) is 4.39 Å². The molecule has 4 unspecified atom stereocenters. The lowest BCUT2D eigenvalue weighted by atomic mass is 9.37. The molecule has 1 aromatic rings. The molecule has 4 atom stereocenters. The molecule has 3 rings (SSSR count). The predicted octanol–water partition coefficient (Wildman–Crippen LogP) is -0.891. The molecule has 2 aliphatic carbocycles. The number of carboxylic acids is 1. The van der Waals surface area contributed by atoms with Crippen LogP contribution in [0.5, 0.6) is 0 Å². The topological polar surface area (TPSA) is 162 Å². The van der Waals surface area contributed by atoms with Crippen molar-refractivity contribution in [2.45, 2.75) is 36.7 Å². The van der Waals surface area contributed by atoms with Crippen molar-refractivity contribution in [1.82, 2.24) is 0 Å². The number of hydrogen-bond acceptors (Lipinski definition) is 6. The third kappa shape index (κ3) is 1.65. The van der Waals surface area contributed by atoms with E-state index in [1.165, 1.54) is 12.1 Å². The Morgan fingerprint density at radius 1 is 1.21 bits per heavy atom. The van der Waals surface area contributed by atoms with Crippen molar-refractivity contribution in [2.75, 3.05) is 0 Å². The van der Waals surface area contributed by atoms with Crippen molar-refractivity contribution in [3.05, 3.63) is 35.1 Å². The smallest absolute Gasteiger partial charge is 0.309 e. The van der Waals surface area contributed by atoms with Gasteiger partial charge in [0.1, 0.15) is 17.1 Å². The molecule has 0 aliphatic heterocycles. The number of carbonyl (C=O) groups is 1. The quantitative estimate of drug-likeness (QED) is 0.381. The lowest BCUT2D eigenvalue weighted by Gasteiger charge is -2.70. The van der Waals surface area contributed by atoms with Crippen molar-refractivity contribution in [2.24, 2.45) is 40.7 Å². The van der Waals surface area contributed by atoms with Gasteiger partial charge in [0.15, 0.2) is 0 Å². The Hall–Kier alpha value is -1.58. The van der Waals surface area contributed by atoms with E-state index in [-0.39, 0.29) is 11.5 Å². The van der Waals surface area contributed by atoms with Crippen molar-refractivity contribution in [3.63, 3.8) is 0 Å². The van der Waals surface area contributed by atoms with E-state index in [4.69, 9.17) is 22.9 Å². The Labute approximate surface area is 138 Å². The number of fused-ring (bicyclic) bond motifs is 3. The van der Waals surface area contributed by atoms with Crippen molar-refractivity contribution in [1.29, 1.82) is 0 Å². The third-order valence-electron chi connectivity index (χ3n) is 6.07. The number of aliphatic carboxylic acids is 1. The molecule has 0 bridgehead atoms. The summed E-state index contributed by atoms with van der Waals surface area (Å²) in [6.45, 7) is 3.66. The summed E-state index contributed by atoms with van der Waals surface area (Å²) in [5, 5.41) is 20.3. The summed E-state index contributed by atoms with van der Waals surface area (Å²) in [4.78, 5) is 11.7. The van der Waals surface area contributed by atoms with Gasteiger partial charge in [-0.05, 0) is 29.2 Å². The van der Waals surface area contributed by atoms with Crippen LogP contribution < -0.4 is 22.9 Å². The fraction of sp³-hybridized carbons (Fsp3) is 0.562. The van der Waals surface area contributed by atoms with Gasteiger partial charge >= 0.3 is 5.97 Å². The van der Waals surface area contributed by atoms with Crippen LogP contribution in [0.25, 0.3) is 0 Å². The van der Waals surface area contributed by atoms with E-state index in [9.17, 15) is 19.4 Å². The highest BCUT2D eigenvalue weighted by Gasteiger charge is 2.76. The molecule has 8 heteroatoms. The maximum absolute atomic E-state index is 13.8. The number of carboxylic acid groups (broad SMARTS) is 1. The second kappa shape index (κ2) is 4.74. The second-order valence-corrected chi connectivity index (χ2v) is 7.37. The largest absolute Gasteiger partial charge is 0.481 e. The number of halogens is 1. The van der Waals surface area contributed by atoms with Gasteiger partial charge < -0.3 is 33.1 Å². The molecule has 10 N–H and O–H groups in total. The molecule has 7 nitrogen and oxygen atoms in total.